The van der Waals surface area contributed by atoms with E-state index in [1.165, 1.54) is 4.90 Å². The Kier molecular flexibility index (Phi) is 4.22. The van der Waals surface area contributed by atoms with E-state index in [-0.39, 0.29) is 11.7 Å². The fourth-order valence-electron chi connectivity index (χ4n) is 1.56. The van der Waals surface area contributed by atoms with Crippen LogP contribution in [0.2, 0.25) is 0 Å². The molecule has 1 N–H and O–H groups in total. The van der Waals surface area contributed by atoms with E-state index in [1.54, 1.807) is 7.05 Å². The van der Waals surface area contributed by atoms with Crippen LogP contribution in [0.4, 0.5) is 0 Å². The van der Waals surface area contributed by atoms with Crippen molar-refractivity contribution < 1.29 is 14.6 Å². The Morgan fingerprint density at radius 3 is 2.64 bits per heavy atom. The maximum Gasteiger partial charge on any atom is 0.232 e. The van der Waals surface area contributed by atoms with Crippen LogP contribution in [0.15, 0.2) is 0 Å². The summed E-state index contributed by atoms with van der Waals surface area (Å²) in [6.45, 7) is 1.51. The highest BCUT2D eigenvalue weighted by Crippen LogP contribution is 2.21. The Labute approximate surface area is 89.6 Å². The number of likely N-dealkylation sites (N-methyl/N-ethyl adjacent to an activating group) is 1. The number of thiol groups is 1. The maximum absolute atomic E-state index is 11.2. The van der Waals surface area contributed by atoms with Gasteiger partial charge < -0.3 is 14.7 Å². The van der Waals surface area contributed by atoms with E-state index in [0.29, 0.717) is 32.6 Å². The fraction of sp³-hybridized carbons (Fsp3) is 0.889. The highest BCUT2D eigenvalue weighted by atomic mass is 32.1. The Balaban J connectivity index is 2.44. The lowest BCUT2D eigenvalue weighted by molar-refractivity contribution is -0.134. The lowest BCUT2D eigenvalue weighted by Gasteiger charge is -2.35. The van der Waals surface area contributed by atoms with Gasteiger partial charge >= 0.3 is 0 Å². The number of rotatable bonds is 3. The summed E-state index contributed by atoms with van der Waals surface area (Å²) in [6.07, 6.45) is 1.19. The third-order valence-electron chi connectivity index (χ3n) is 2.52. The second-order valence-electron chi connectivity index (χ2n) is 3.74. The smallest absolute Gasteiger partial charge is 0.232 e. The van der Waals surface area contributed by atoms with Gasteiger partial charge in [0.25, 0.3) is 0 Å². The van der Waals surface area contributed by atoms with Crippen molar-refractivity contribution in [2.24, 2.45) is 0 Å². The van der Waals surface area contributed by atoms with Gasteiger partial charge in [0.15, 0.2) is 0 Å². The first-order valence-electron chi connectivity index (χ1n) is 4.72. The monoisotopic (exact) mass is 219 g/mol. The first-order valence-corrected chi connectivity index (χ1v) is 5.36. The van der Waals surface area contributed by atoms with Gasteiger partial charge in [0.2, 0.25) is 5.91 Å². The molecule has 0 aliphatic carbocycles. The van der Waals surface area contributed by atoms with Crippen LogP contribution in [0.3, 0.4) is 0 Å². The van der Waals surface area contributed by atoms with Gasteiger partial charge in [0, 0.05) is 39.6 Å². The molecule has 0 saturated carbocycles. The topological polar surface area (TPSA) is 49.8 Å². The van der Waals surface area contributed by atoms with E-state index in [1.807, 2.05) is 0 Å². The molecular weight excluding hydrogens is 202 g/mol. The van der Waals surface area contributed by atoms with Crippen LogP contribution >= 0.6 is 12.6 Å². The summed E-state index contributed by atoms with van der Waals surface area (Å²) in [5, 5.41) is 10.1. The summed E-state index contributed by atoms with van der Waals surface area (Å²) >= 11 is 3.90. The van der Waals surface area contributed by atoms with Gasteiger partial charge in [0.1, 0.15) is 0 Å². The standard InChI is InChI=1S/C9H17NO3S/c1-10(8(11)6-14)7-9(12)2-4-13-5-3-9/h12,14H,2-7H2,1H3. The van der Waals surface area contributed by atoms with Crippen molar-refractivity contribution in [3.63, 3.8) is 0 Å². The molecule has 0 atom stereocenters. The highest BCUT2D eigenvalue weighted by Gasteiger charge is 2.31. The first-order chi connectivity index (χ1) is 6.57. The second-order valence-corrected chi connectivity index (χ2v) is 4.06. The molecule has 14 heavy (non-hydrogen) atoms. The summed E-state index contributed by atoms with van der Waals surface area (Å²) in [7, 11) is 1.69. The lowest BCUT2D eigenvalue weighted by atomic mass is 9.94. The van der Waals surface area contributed by atoms with Gasteiger partial charge in [-0.3, -0.25) is 4.79 Å². The molecule has 0 aromatic rings. The molecule has 0 unspecified atom stereocenters. The van der Waals surface area contributed by atoms with Crippen LogP contribution in [0.25, 0.3) is 0 Å². The Hall–Kier alpha value is -0.260. The van der Waals surface area contributed by atoms with Crippen LogP contribution in [0, 0.1) is 0 Å². The third-order valence-corrected chi connectivity index (χ3v) is 2.79. The third kappa shape index (κ3) is 3.15. The van der Waals surface area contributed by atoms with Gasteiger partial charge in [-0.25, -0.2) is 0 Å². The molecule has 1 rings (SSSR count). The van der Waals surface area contributed by atoms with Crippen molar-refractivity contribution >= 4 is 18.5 Å². The molecule has 1 saturated heterocycles. The molecule has 1 fully saturated rings. The molecule has 82 valence electrons. The molecule has 0 radical (unpaired) electrons. The number of amides is 1. The molecule has 0 aromatic carbocycles. The minimum Gasteiger partial charge on any atom is -0.388 e. The highest BCUT2D eigenvalue weighted by molar-refractivity contribution is 7.81. The number of ether oxygens (including phenoxy) is 1. The molecule has 1 heterocycles. The predicted molar refractivity (Wildman–Crippen MR) is 56.5 cm³/mol. The van der Waals surface area contributed by atoms with Crippen molar-refractivity contribution in [2.75, 3.05) is 32.6 Å². The molecule has 0 aromatic heterocycles. The van der Waals surface area contributed by atoms with E-state index < -0.39 is 5.60 Å². The summed E-state index contributed by atoms with van der Waals surface area (Å²) in [5.74, 6) is 0.122. The van der Waals surface area contributed by atoms with Gasteiger partial charge in [-0.05, 0) is 0 Å². The van der Waals surface area contributed by atoms with E-state index in [9.17, 15) is 9.90 Å². The van der Waals surface area contributed by atoms with Crippen LogP contribution in [0.1, 0.15) is 12.8 Å². The normalized spacial score (nSPS) is 20.5. The maximum atomic E-state index is 11.2. The largest absolute Gasteiger partial charge is 0.388 e. The SMILES string of the molecule is CN(CC1(O)CCOCC1)C(=O)CS. The molecular formula is C9H17NO3S. The van der Waals surface area contributed by atoms with Crippen molar-refractivity contribution in [2.45, 2.75) is 18.4 Å². The number of carbonyl (C=O) groups is 1. The van der Waals surface area contributed by atoms with E-state index >= 15 is 0 Å². The van der Waals surface area contributed by atoms with E-state index in [2.05, 4.69) is 12.6 Å². The summed E-state index contributed by atoms with van der Waals surface area (Å²) in [6, 6.07) is 0. The lowest BCUT2D eigenvalue weighted by Crippen LogP contribution is -2.47. The van der Waals surface area contributed by atoms with E-state index in [0.717, 1.165) is 0 Å². The molecule has 1 aliphatic heterocycles. The zero-order valence-electron chi connectivity index (χ0n) is 8.40. The van der Waals surface area contributed by atoms with Gasteiger partial charge in [0.05, 0.1) is 11.4 Å². The van der Waals surface area contributed by atoms with Crippen LogP contribution < -0.4 is 0 Å². The Morgan fingerprint density at radius 2 is 2.14 bits per heavy atom. The van der Waals surface area contributed by atoms with Crippen molar-refractivity contribution in [3.8, 4) is 0 Å². The number of carbonyl (C=O) groups excluding carboxylic acids is 1. The van der Waals surface area contributed by atoms with E-state index in [4.69, 9.17) is 4.74 Å². The fourth-order valence-corrected chi connectivity index (χ4v) is 1.80. The quantitative estimate of drug-likeness (QED) is 0.653. The Bertz CT molecular complexity index is 204. The average Bonchev–Trinajstić information content (AvgIpc) is 2.17. The average molecular weight is 219 g/mol. The zero-order chi connectivity index (χ0) is 10.6. The molecule has 0 bridgehead atoms. The molecule has 5 heteroatoms. The minimum absolute atomic E-state index is 0.0618. The second kappa shape index (κ2) is 5.00. The zero-order valence-corrected chi connectivity index (χ0v) is 9.30. The first kappa shape index (κ1) is 11.8. The van der Waals surface area contributed by atoms with Crippen LogP contribution in [0.5, 0.6) is 0 Å². The van der Waals surface area contributed by atoms with Crippen molar-refractivity contribution in [3.05, 3.63) is 0 Å². The number of nitrogens with zero attached hydrogens (tertiary/aromatic N) is 1. The minimum atomic E-state index is -0.772. The van der Waals surface area contributed by atoms with Crippen molar-refractivity contribution in [1.29, 1.82) is 0 Å². The van der Waals surface area contributed by atoms with Gasteiger partial charge in [-0.2, -0.15) is 12.6 Å². The summed E-state index contributed by atoms with van der Waals surface area (Å²) < 4.78 is 5.15. The van der Waals surface area contributed by atoms with Gasteiger partial charge in [-0.1, -0.05) is 0 Å². The Morgan fingerprint density at radius 1 is 1.57 bits per heavy atom. The van der Waals surface area contributed by atoms with Crippen molar-refractivity contribution in [1.82, 2.24) is 4.90 Å². The number of aliphatic hydroxyl groups is 1. The molecule has 1 aliphatic rings. The van der Waals surface area contributed by atoms with Crippen LogP contribution in [-0.2, 0) is 9.53 Å². The molecule has 0 spiro atoms. The number of hydrogen-bond acceptors (Lipinski definition) is 4. The molecule has 1 amide bonds. The summed E-state index contributed by atoms with van der Waals surface area (Å²) in [5.41, 5.74) is -0.772. The summed E-state index contributed by atoms with van der Waals surface area (Å²) in [4.78, 5) is 12.8. The molecule has 4 nitrogen and oxygen atoms in total. The van der Waals surface area contributed by atoms with Gasteiger partial charge in [-0.15, -0.1) is 0 Å². The predicted octanol–water partition coefficient (Wildman–Crippen LogP) is -0.0839. The van der Waals surface area contributed by atoms with Crippen LogP contribution in [-0.4, -0.2) is 54.1 Å². The number of hydrogen-bond donors (Lipinski definition) is 2.